The summed E-state index contributed by atoms with van der Waals surface area (Å²) in [6.45, 7) is 5.50. The lowest BCUT2D eigenvalue weighted by atomic mass is 10.00. The molecular formula is C13H18BrFN2O. The van der Waals surface area contributed by atoms with Crippen molar-refractivity contribution in [2.75, 3.05) is 5.32 Å². The van der Waals surface area contributed by atoms with Gasteiger partial charge >= 0.3 is 0 Å². The van der Waals surface area contributed by atoms with E-state index in [-0.39, 0.29) is 17.3 Å². The monoisotopic (exact) mass is 316 g/mol. The first-order valence-electron chi connectivity index (χ1n) is 5.73. The smallest absolute Gasteiger partial charge is 0.224 e. The van der Waals surface area contributed by atoms with E-state index in [0.29, 0.717) is 28.6 Å². The van der Waals surface area contributed by atoms with Crippen LogP contribution in [0.25, 0.3) is 0 Å². The van der Waals surface area contributed by atoms with Gasteiger partial charge in [-0.2, -0.15) is 0 Å². The number of hydrogen-bond acceptors (Lipinski definition) is 2. The van der Waals surface area contributed by atoms with Crippen molar-refractivity contribution < 1.29 is 9.18 Å². The average molecular weight is 317 g/mol. The predicted octanol–water partition coefficient (Wildman–Crippen LogP) is 3.35. The molecular weight excluding hydrogens is 299 g/mol. The maximum Gasteiger partial charge on any atom is 0.224 e. The summed E-state index contributed by atoms with van der Waals surface area (Å²) in [5.41, 5.74) is 6.75. The van der Waals surface area contributed by atoms with E-state index in [0.717, 1.165) is 0 Å². The number of nitrogens with two attached hydrogens (primary N) is 1. The fourth-order valence-corrected chi connectivity index (χ4v) is 1.77. The van der Waals surface area contributed by atoms with Gasteiger partial charge in [0.05, 0.1) is 4.47 Å². The molecule has 0 aliphatic carbocycles. The Hall–Kier alpha value is -0.940. The molecule has 0 saturated carbocycles. The molecule has 5 heteroatoms. The Kier molecular flexibility index (Phi) is 4.87. The Bertz CT molecular complexity index is 455. The Balaban J connectivity index is 2.68. The molecule has 3 nitrogen and oxygen atoms in total. The van der Waals surface area contributed by atoms with Gasteiger partial charge in [-0.05, 0) is 60.8 Å². The summed E-state index contributed by atoms with van der Waals surface area (Å²) >= 11 is 3.09. The number of carbonyl (C=O) groups excluding carboxylic acids is 1. The van der Waals surface area contributed by atoms with Gasteiger partial charge in [-0.1, -0.05) is 0 Å². The number of carbonyl (C=O) groups is 1. The lowest BCUT2D eigenvalue weighted by Gasteiger charge is -2.18. The average Bonchev–Trinajstić information content (AvgIpc) is 2.22. The zero-order valence-corrected chi connectivity index (χ0v) is 12.4. The van der Waals surface area contributed by atoms with Gasteiger partial charge in [-0.15, -0.1) is 0 Å². The normalized spacial score (nSPS) is 11.4. The summed E-state index contributed by atoms with van der Waals surface area (Å²) in [6.07, 6.45) is 0.943. The molecule has 0 aliphatic rings. The van der Waals surface area contributed by atoms with Crippen molar-refractivity contribution in [3.8, 4) is 0 Å². The molecule has 18 heavy (non-hydrogen) atoms. The van der Waals surface area contributed by atoms with Crippen LogP contribution in [0.2, 0.25) is 0 Å². The molecule has 0 fully saturated rings. The van der Waals surface area contributed by atoms with E-state index in [1.165, 1.54) is 6.07 Å². The van der Waals surface area contributed by atoms with Crippen LogP contribution in [0.5, 0.6) is 0 Å². The third kappa shape index (κ3) is 4.74. The van der Waals surface area contributed by atoms with E-state index < -0.39 is 0 Å². The molecule has 1 aromatic carbocycles. The number of halogens is 2. The molecule has 0 aromatic heterocycles. The van der Waals surface area contributed by atoms with Crippen molar-refractivity contribution in [3.63, 3.8) is 0 Å². The maximum absolute atomic E-state index is 13.2. The minimum Gasteiger partial charge on any atom is -0.326 e. The SMILES string of the molecule is Cc1cc(F)c(Br)cc1NC(=O)CCC(C)(C)N. The van der Waals surface area contributed by atoms with Gasteiger partial charge in [0.25, 0.3) is 0 Å². The molecule has 0 aliphatic heterocycles. The van der Waals surface area contributed by atoms with Crippen LogP contribution < -0.4 is 11.1 Å². The highest BCUT2D eigenvalue weighted by Gasteiger charge is 2.14. The highest BCUT2D eigenvalue weighted by molar-refractivity contribution is 9.10. The number of anilines is 1. The zero-order valence-electron chi connectivity index (χ0n) is 10.8. The molecule has 0 heterocycles. The van der Waals surface area contributed by atoms with E-state index in [4.69, 9.17) is 5.73 Å². The minimum atomic E-state index is -0.365. The first kappa shape index (κ1) is 15.1. The van der Waals surface area contributed by atoms with E-state index in [1.807, 2.05) is 13.8 Å². The number of nitrogens with one attached hydrogen (secondary N) is 1. The second-order valence-corrected chi connectivity index (χ2v) is 5.97. The van der Waals surface area contributed by atoms with Crippen molar-refractivity contribution in [2.24, 2.45) is 5.73 Å². The summed E-state index contributed by atoms with van der Waals surface area (Å²) in [5, 5.41) is 2.76. The molecule has 0 unspecified atom stereocenters. The number of aryl methyl sites for hydroxylation is 1. The summed E-state index contributed by atoms with van der Waals surface area (Å²) in [7, 11) is 0. The largest absolute Gasteiger partial charge is 0.326 e. The lowest BCUT2D eigenvalue weighted by molar-refractivity contribution is -0.116. The molecule has 1 rings (SSSR count). The van der Waals surface area contributed by atoms with Gasteiger partial charge in [-0.25, -0.2) is 4.39 Å². The lowest BCUT2D eigenvalue weighted by Crippen LogP contribution is -2.33. The van der Waals surface area contributed by atoms with Gasteiger partial charge in [0.1, 0.15) is 5.82 Å². The Morgan fingerprint density at radius 3 is 2.67 bits per heavy atom. The molecule has 3 N–H and O–H groups in total. The highest BCUT2D eigenvalue weighted by Crippen LogP contribution is 2.24. The molecule has 1 aromatic rings. The third-order valence-electron chi connectivity index (χ3n) is 2.54. The van der Waals surface area contributed by atoms with Crippen LogP contribution in [0, 0.1) is 12.7 Å². The second-order valence-electron chi connectivity index (χ2n) is 5.12. The van der Waals surface area contributed by atoms with Crippen molar-refractivity contribution in [2.45, 2.75) is 39.2 Å². The van der Waals surface area contributed by atoms with Crippen molar-refractivity contribution in [3.05, 3.63) is 28.0 Å². The number of amides is 1. The van der Waals surface area contributed by atoms with Crippen LogP contribution in [0.4, 0.5) is 10.1 Å². The van der Waals surface area contributed by atoms with Gasteiger partial charge in [0, 0.05) is 17.6 Å². The standard InChI is InChI=1S/C13H18BrFN2O/c1-8-6-10(15)9(14)7-11(8)17-12(18)4-5-13(2,3)16/h6-7H,4-5,16H2,1-3H3,(H,17,18). The Labute approximate surface area is 115 Å². The fourth-order valence-electron chi connectivity index (χ4n) is 1.43. The Morgan fingerprint density at radius 1 is 1.50 bits per heavy atom. The van der Waals surface area contributed by atoms with E-state index in [9.17, 15) is 9.18 Å². The molecule has 0 bridgehead atoms. The number of benzene rings is 1. The van der Waals surface area contributed by atoms with Crippen LogP contribution >= 0.6 is 15.9 Å². The first-order valence-corrected chi connectivity index (χ1v) is 6.53. The quantitative estimate of drug-likeness (QED) is 0.895. The van der Waals surface area contributed by atoms with Gasteiger partial charge in [-0.3, -0.25) is 4.79 Å². The third-order valence-corrected chi connectivity index (χ3v) is 3.15. The second kappa shape index (κ2) is 5.80. The van der Waals surface area contributed by atoms with Gasteiger partial charge in [0.15, 0.2) is 0 Å². The van der Waals surface area contributed by atoms with Crippen LogP contribution in [0.1, 0.15) is 32.3 Å². The molecule has 100 valence electrons. The predicted molar refractivity (Wildman–Crippen MR) is 75.0 cm³/mol. The van der Waals surface area contributed by atoms with Crippen LogP contribution in [-0.2, 0) is 4.79 Å². The molecule has 0 atom stereocenters. The molecule has 0 spiro atoms. The fraction of sp³-hybridized carbons (Fsp3) is 0.462. The van der Waals surface area contributed by atoms with Crippen molar-refractivity contribution >= 4 is 27.5 Å². The topological polar surface area (TPSA) is 55.1 Å². The maximum atomic E-state index is 13.2. The first-order chi connectivity index (χ1) is 8.19. The zero-order chi connectivity index (χ0) is 13.9. The minimum absolute atomic E-state index is 0.116. The summed E-state index contributed by atoms with van der Waals surface area (Å²) in [5.74, 6) is -0.455. The number of hydrogen-bond donors (Lipinski definition) is 2. The van der Waals surface area contributed by atoms with E-state index in [1.54, 1.807) is 13.0 Å². The summed E-state index contributed by atoms with van der Waals surface area (Å²) in [4.78, 5) is 11.7. The van der Waals surface area contributed by atoms with Crippen molar-refractivity contribution in [1.29, 1.82) is 0 Å². The van der Waals surface area contributed by atoms with E-state index >= 15 is 0 Å². The Morgan fingerprint density at radius 2 is 2.11 bits per heavy atom. The molecule has 0 saturated heterocycles. The van der Waals surface area contributed by atoms with Crippen LogP contribution in [0.3, 0.4) is 0 Å². The van der Waals surface area contributed by atoms with Crippen LogP contribution in [0.15, 0.2) is 16.6 Å². The summed E-state index contributed by atoms with van der Waals surface area (Å²) < 4.78 is 13.6. The summed E-state index contributed by atoms with van der Waals surface area (Å²) in [6, 6.07) is 2.95. The van der Waals surface area contributed by atoms with Gasteiger partial charge < -0.3 is 11.1 Å². The molecule has 0 radical (unpaired) electrons. The molecule has 1 amide bonds. The number of rotatable bonds is 4. The van der Waals surface area contributed by atoms with Crippen LogP contribution in [-0.4, -0.2) is 11.4 Å². The highest BCUT2D eigenvalue weighted by atomic mass is 79.9. The van der Waals surface area contributed by atoms with Crippen molar-refractivity contribution in [1.82, 2.24) is 0 Å². The van der Waals surface area contributed by atoms with Gasteiger partial charge in [0.2, 0.25) is 5.91 Å². The van der Waals surface area contributed by atoms with E-state index in [2.05, 4.69) is 21.2 Å².